The maximum absolute atomic E-state index is 12.9. The summed E-state index contributed by atoms with van der Waals surface area (Å²) in [5.41, 5.74) is 3.29. The average molecular weight is 527 g/mol. The van der Waals surface area contributed by atoms with Crippen molar-refractivity contribution in [2.75, 3.05) is 0 Å². The van der Waals surface area contributed by atoms with Crippen LogP contribution in [0.3, 0.4) is 0 Å². The van der Waals surface area contributed by atoms with Gasteiger partial charge in [0.15, 0.2) is 0 Å². The highest BCUT2D eigenvalue weighted by Crippen LogP contribution is 2.60. The number of allylic oxidation sites excluding steroid dienone is 3. The van der Waals surface area contributed by atoms with E-state index in [1.54, 1.807) is 0 Å². The minimum absolute atomic E-state index is 0.118. The maximum atomic E-state index is 12.9. The Bertz CT molecular complexity index is 911. The van der Waals surface area contributed by atoms with Crippen LogP contribution in [0.1, 0.15) is 124 Å². The number of rotatable bonds is 12. The number of carbonyl (C=O) groups excluding carboxylic acids is 1. The van der Waals surface area contributed by atoms with Gasteiger partial charge in [-0.3, -0.25) is 4.79 Å². The fourth-order valence-corrected chi connectivity index (χ4v) is 8.36. The Kier molecular flexibility index (Phi) is 9.80. The maximum Gasteiger partial charge on any atom is 0.139 e. The van der Waals surface area contributed by atoms with Crippen LogP contribution >= 0.6 is 0 Å². The molecule has 0 bridgehead atoms. The number of aliphatic hydroxyl groups excluding tert-OH is 3. The summed E-state index contributed by atoms with van der Waals surface area (Å²) in [5, 5.41) is 31.7. The number of carbonyl (C=O) groups is 1. The van der Waals surface area contributed by atoms with Gasteiger partial charge >= 0.3 is 0 Å². The molecule has 0 unspecified atom stereocenters. The lowest BCUT2D eigenvalue weighted by Crippen LogP contribution is -2.39. The molecule has 0 aromatic carbocycles. The molecule has 3 N–H and O–H groups in total. The van der Waals surface area contributed by atoms with Gasteiger partial charge in [0.25, 0.3) is 0 Å². The molecule has 4 fully saturated rings. The molecule has 4 nitrogen and oxygen atoms in total. The number of hydrogen-bond acceptors (Lipinski definition) is 4. The topological polar surface area (TPSA) is 77.8 Å². The molecule has 0 spiro atoms. The normalized spacial score (nSPS) is 36.3. The van der Waals surface area contributed by atoms with Gasteiger partial charge in [0.1, 0.15) is 5.78 Å². The summed E-state index contributed by atoms with van der Waals surface area (Å²) in [6.45, 7) is 11.0. The fraction of sp³-hybridized carbons (Fsp3) is 0.794. The van der Waals surface area contributed by atoms with Crippen LogP contribution in [0.2, 0.25) is 0 Å². The SMILES string of the molecule is C=C1C(=CC=C2CCC[C@]3(C)[C@@H]([C@H](C)[C@H](O)CCC4(C(=O)CCCCCC)CC4)CC[C@@H]23)C[C@@H](O)C[C@@H]1O. The lowest BCUT2D eigenvalue weighted by atomic mass is 9.60. The van der Waals surface area contributed by atoms with E-state index >= 15 is 0 Å². The highest BCUT2D eigenvalue weighted by Gasteiger charge is 2.52. The van der Waals surface area contributed by atoms with E-state index in [4.69, 9.17) is 0 Å². The van der Waals surface area contributed by atoms with Crippen molar-refractivity contribution in [2.24, 2.45) is 28.6 Å². The summed E-state index contributed by atoms with van der Waals surface area (Å²) >= 11 is 0. The first-order valence-corrected chi connectivity index (χ1v) is 15.8. The van der Waals surface area contributed by atoms with Crippen molar-refractivity contribution < 1.29 is 20.1 Å². The predicted molar refractivity (Wildman–Crippen MR) is 155 cm³/mol. The van der Waals surface area contributed by atoms with Gasteiger partial charge in [-0.05, 0) is 105 Å². The molecule has 4 heteroatoms. The van der Waals surface area contributed by atoms with Crippen molar-refractivity contribution in [3.8, 4) is 0 Å². The standard InChI is InChI=1S/C34H54O4/c1-5-6-7-8-11-32(38)34(19-20-34)18-16-30(36)24(3)28-14-15-29-25(10-9-17-33(28,29)4)12-13-26-21-27(35)22-31(37)23(26)2/h12-13,24,27-31,35-37H,2,5-11,14-22H2,1,3-4H3/t24-,27+,28+,29-,30+,31-,33+/m0/s1. The summed E-state index contributed by atoms with van der Waals surface area (Å²) in [4.78, 5) is 12.9. The second-order valence-electron chi connectivity index (χ2n) is 13.6. The number of Topliss-reactive ketones (excluding diaryl/α,β-unsaturated/α-hetero) is 1. The van der Waals surface area contributed by atoms with Gasteiger partial charge in [-0.2, -0.15) is 0 Å². The zero-order valence-electron chi connectivity index (χ0n) is 24.4. The van der Waals surface area contributed by atoms with Gasteiger partial charge in [0.2, 0.25) is 0 Å². The van der Waals surface area contributed by atoms with E-state index < -0.39 is 12.2 Å². The lowest BCUT2D eigenvalue weighted by molar-refractivity contribution is -0.124. The largest absolute Gasteiger partial charge is 0.393 e. The number of hydrogen-bond donors (Lipinski definition) is 3. The van der Waals surface area contributed by atoms with Crippen LogP contribution < -0.4 is 0 Å². The van der Waals surface area contributed by atoms with Crippen LogP contribution in [-0.2, 0) is 4.79 Å². The fourth-order valence-electron chi connectivity index (χ4n) is 8.36. The van der Waals surface area contributed by atoms with Crippen molar-refractivity contribution in [2.45, 2.75) is 142 Å². The van der Waals surface area contributed by atoms with Crippen LogP contribution in [-0.4, -0.2) is 39.4 Å². The van der Waals surface area contributed by atoms with Gasteiger partial charge in [-0.1, -0.05) is 64.3 Å². The van der Waals surface area contributed by atoms with E-state index in [0.717, 1.165) is 68.9 Å². The molecular formula is C34H54O4. The van der Waals surface area contributed by atoms with E-state index in [1.165, 1.54) is 37.7 Å². The molecule has 7 atom stereocenters. The number of aliphatic hydroxyl groups is 3. The molecule has 214 valence electrons. The van der Waals surface area contributed by atoms with Crippen LogP contribution in [0, 0.1) is 28.6 Å². The van der Waals surface area contributed by atoms with Gasteiger partial charge in [-0.15, -0.1) is 0 Å². The molecule has 38 heavy (non-hydrogen) atoms. The highest BCUT2D eigenvalue weighted by molar-refractivity contribution is 5.87. The first-order valence-electron chi connectivity index (χ1n) is 15.8. The summed E-state index contributed by atoms with van der Waals surface area (Å²) in [7, 11) is 0. The Morgan fingerprint density at radius 1 is 1.13 bits per heavy atom. The number of fused-ring (bicyclic) bond motifs is 1. The number of ketones is 1. The Hall–Kier alpha value is -1.23. The predicted octanol–water partition coefficient (Wildman–Crippen LogP) is 7.22. The molecule has 0 aromatic heterocycles. The minimum Gasteiger partial charge on any atom is -0.393 e. The zero-order valence-corrected chi connectivity index (χ0v) is 24.4. The summed E-state index contributed by atoms with van der Waals surface area (Å²) in [5.74, 6) is 1.71. The third-order valence-electron chi connectivity index (χ3n) is 11.2. The molecule has 0 saturated heterocycles. The van der Waals surface area contributed by atoms with Crippen LogP contribution in [0.4, 0.5) is 0 Å². The van der Waals surface area contributed by atoms with Crippen molar-refractivity contribution >= 4 is 5.78 Å². The third kappa shape index (κ3) is 6.39. The molecule has 0 amide bonds. The molecule has 0 heterocycles. The molecule has 4 saturated carbocycles. The molecule has 4 aliphatic carbocycles. The second-order valence-corrected chi connectivity index (χ2v) is 13.6. The Labute approximate surface area is 231 Å². The third-order valence-corrected chi connectivity index (χ3v) is 11.2. The minimum atomic E-state index is -0.649. The van der Waals surface area contributed by atoms with Gasteiger partial charge in [0, 0.05) is 18.3 Å². The summed E-state index contributed by atoms with van der Waals surface area (Å²) < 4.78 is 0. The average Bonchev–Trinajstić information content (AvgIpc) is 3.60. The molecule has 0 aromatic rings. The Morgan fingerprint density at radius 3 is 2.61 bits per heavy atom. The van der Waals surface area contributed by atoms with Crippen LogP contribution in [0.25, 0.3) is 0 Å². The second kappa shape index (κ2) is 12.5. The first kappa shape index (κ1) is 29.7. The Morgan fingerprint density at radius 2 is 1.89 bits per heavy atom. The monoisotopic (exact) mass is 526 g/mol. The van der Waals surface area contributed by atoms with E-state index in [9.17, 15) is 20.1 Å². The van der Waals surface area contributed by atoms with Crippen molar-refractivity contribution in [1.82, 2.24) is 0 Å². The van der Waals surface area contributed by atoms with E-state index in [1.807, 2.05) is 0 Å². The molecular weight excluding hydrogens is 472 g/mol. The van der Waals surface area contributed by atoms with Crippen molar-refractivity contribution in [3.05, 3.63) is 35.5 Å². The van der Waals surface area contributed by atoms with Crippen LogP contribution in [0.5, 0.6) is 0 Å². The van der Waals surface area contributed by atoms with E-state index in [0.29, 0.717) is 30.5 Å². The first-order chi connectivity index (χ1) is 18.1. The quantitative estimate of drug-likeness (QED) is 0.235. The van der Waals surface area contributed by atoms with Crippen molar-refractivity contribution in [3.63, 3.8) is 0 Å². The van der Waals surface area contributed by atoms with Gasteiger partial charge < -0.3 is 15.3 Å². The summed E-state index contributed by atoms with van der Waals surface area (Å²) in [6.07, 6.45) is 18.6. The summed E-state index contributed by atoms with van der Waals surface area (Å²) in [6, 6.07) is 0. The molecule has 4 aliphatic rings. The van der Waals surface area contributed by atoms with Crippen LogP contribution in [0.15, 0.2) is 35.5 Å². The van der Waals surface area contributed by atoms with Gasteiger partial charge in [-0.25, -0.2) is 0 Å². The Balaban J connectivity index is 1.36. The van der Waals surface area contributed by atoms with Gasteiger partial charge in [0.05, 0.1) is 18.3 Å². The molecule has 4 rings (SSSR count). The van der Waals surface area contributed by atoms with E-state index in [2.05, 4.69) is 39.5 Å². The molecule has 0 aliphatic heterocycles. The van der Waals surface area contributed by atoms with E-state index in [-0.39, 0.29) is 22.9 Å². The lowest BCUT2D eigenvalue weighted by Gasteiger charge is -2.45. The number of unbranched alkanes of at least 4 members (excludes halogenated alkanes) is 3. The highest BCUT2D eigenvalue weighted by atomic mass is 16.3. The smallest absolute Gasteiger partial charge is 0.139 e. The van der Waals surface area contributed by atoms with Crippen molar-refractivity contribution in [1.29, 1.82) is 0 Å². The zero-order chi connectivity index (χ0) is 27.5. The molecule has 0 radical (unpaired) electrons.